The van der Waals surface area contributed by atoms with Gasteiger partial charge in [0.2, 0.25) is 0 Å². The first kappa shape index (κ1) is 19.1. The summed E-state index contributed by atoms with van der Waals surface area (Å²) in [7, 11) is 2.07. The maximum atomic E-state index is 12.8. The average molecular weight is 419 g/mol. The van der Waals surface area contributed by atoms with Crippen LogP contribution in [0.1, 0.15) is 18.4 Å². The molecule has 0 N–H and O–H groups in total. The Morgan fingerprint density at radius 1 is 1.13 bits per heavy atom. The van der Waals surface area contributed by atoms with Gasteiger partial charge >= 0.3 is 0 Å². The zero-order valence-corrected chi connectivity index (χ0v) is 17.8. The minimum atomic E-state index is -0.0874. The first-order valence-corrected chi connectivity index (χ1v) is 10.6. The van der Waals surface area contributed by atoms with Crippen molar-refractivity contribution < 1.29 is 0 Å². The fraction of sp³-hybridized carbons (Fsp3) is 0.250. The Morgan fingerprint density at radius 2 is 1.97 bits per heavy atom. The quantitative estimate of drug-likeness (QED) is 0.491. The van der Waals surface area contributed by atoms with Crippen LogP contribution in [0.3, 0.4) is 0 Å². The molecule has 0 spiro atoms. The molecular formula is C24H23ClN4O. The topological polar surface area (TPSA) is 43.1 Å². The van der Waals surface area contributed by atoms with Gasteiger partial charge in [-0.25, -0.2) is 0 Å². The average Bonchev–Trinajstić information content (AvgIpc) is 3.03. The van der Waals surface area contributed by atoms with Crippen LogP contribution in [-0.2, 0) is 7.05 Å². The van der Waals surface area contributed by atoms with Crippen molar-refractivity contribution in [2.45, 2.75) is 12.8 Å². The third kappa shape index (κ3) is 3.24. The van der Waals surface area contributed by atoms with Gasteiger partial charge in [-0.1, -0.05) is 24.6 Å². The number of aryl methyl sites for hydroxylation is 1. The molecule has 1 aliphatic rings. The van der Waals surface area contributed by atoms with E-state index >= 15 is 0 Å². The van der Waals surface area contributed by atoms with Gasteiger partial charge in [0.25, 0.3) is 5.56 Å². The normalized spacial score (nSPS) is 14.9. The number of fused-ring (bicyclic) bond motifs is 1. The van der Waals surface area contributed by atoms with Crippen molar-refractivity contribution >= 4 is 22.5 Å². The van der Waals surface area contributed by atoms with Gasteiger partial charge in [0.15, 0.2) is 0 Å². The first-order valence-electron chi connectivity index (χ1n) is 10.2. The summed E-state index contributed by atoms with van der Waals surface area (Å²) in [5.41, 5.74) is 4.83. The van der Waals surface area contributed by atoms with Gasteiger partial charge in [0.1, 0.15) is 0 Å². The van der Waals surface area contributed by atoms with E-state index in [0.29, 0.717) is 10.9 Å². The van der Waals surface area contributed by atoms with Crippen molar-refractivity contribution in [3.05, 3.63) is 82.0 Å². The van der Waals surface area contributed by atoms with E-state index in [-0.39, 0.29) is 5.56 Å². The minimum Gasteiger partial charge on any atom is -0.350 e. The van der Waals surface area contributed by atoms with Crippen LogP contribution in [0, 0.1) is 0 Å². The molecule has 4 aromatic rings. The first-order chi connectivity index (χ1) is 14.5. The van der Waals surface area contributed by atoms with Crippen molar-refractivity contribution in [1.82, 2.24) is 19.0 Å². The third-order valence-corrected chi connectivity index (χ3v) is 6.29. The molecule has 5 nitrogen and oxygen atoms in total. The van der Waals surface area contributed by atoms with Gasteiger partial charge in [-0.3, -0.25) is 14.3 Å². The molecule has 1 fully saturated rings. The molecule has 4 heterocycles. The van der Waals surface area contributed by atoms with E-state index in [1.54, 1.807) is 22.9 Å². The predicted octanol–water partition coefficient (Wildman–Crippen LogP) is 4.46. The monoisotopic (exact) mass is 418 g/mol. The molecule has 5 rings (SSSR count). The predicted molar refractivity (Wildman–Crippen MR) is 122 cm³/mol. The Morgan fingerprint density at radius 3 is 2.67 bits per heavy atom. The van der Waals surface area contributed by atoms with Crippen molar-refractivity contribution in [2.75, 3.05) is 19.6 Å². The van der Waals surface area contributed by atoms with E-state index in [9.17, 15) is 4.79 Å². The molecule has 3 aromatic heterocycles. The fourth-order valence-electron chi connectivity index (χ4n) is 4.30. The van der Waals surface area contributed by atoms with E-state index in [1.165, 1.54) is 10.9 Å². The van der Waals surface area contributed by atoms with Crippen LogP contribution in [0.4, 0.5) is 0 Å². The van der Waals surface area contributed by atoms with Crippen LogP contribution in [0.2, 0.25) is 5.02 Å². The van der Waals surface area contributed by atoms with Gasteiger partial charge in [0, 0.05) is 61.7 Å². The molecule has 0 saturated carbocycles. The molecule has 1 saturated heterocycles. The second-order valence-corrected chi connectivity index (χ2v) is 8.37. The lowest BCUT2D eigenvalue weighted by Gasteiger charge is -2.38. The Labute approximate surface area is 180 Å². The van der Waals surface area contributed by atoms with Gasteiger partial charge < -0.3 is 9.47 Å². The number of nitrogens with zero attached hydrogens (tertiary/aromatic N) is 4. The number of pyridine rings is 2. The summed E-state index contributed by atoms with van der Waals surface area (Å²) >= 11 is 5.91. The summed E-state index contributed by atoms with van der Waals surface area (Å²) in [5.74, 6) is 0.591. The molecule has 0 radical (unpaired) electrons. The van der Waals surface area contributed by atoms with Crippen LogP contribution in [-0.4, -0.2) is 38.7 Å². The number of likely N-dealkylation sites (N-methyl/N-ethyl adjacent to an activating group) is 1. The van der Waals surface area contributed by atoms with Crippen molar-refractivity contribution in [1.29, 1.82) is 0 Å². The van der Waals surface area contributed by atoms with Crippen LogP contribution >= 0.6 is 11.6 Å². The van der Waals surface area contributed by atoms with E-state index in [4.69, 9.17) is 11.6 Å². The molecule has 0 amide bonds. The summed E-state index contributed by atoms with van der Waals surface area (Å²) in [6.07, 6.45) is 5.64. The van der Waals surface area contributed by atoms with Gasteiger partial charge in [-0.15, -0.1) is 0 Å². The fourth-order valence-corrected chi connectivity index (χ4v) is 4.41. The third-order valence-electron chi connectivity index (χ3n) is 6.07. The Balaban J connectivity index is 1.50. The summed E-state index contributed by atoms with van der Waals surface area (Å²) < 4.78 is 3.84. The van der Waals surface area contributed by atoms with Gasteiger partial charge in [-0.05, 0) is 42.4 Å². The number of hydrogen-bond acceptors (Lipinski definition) is 3. The van der Waals surface area contributed by atoms with Crippen molar-refractivity contribution in [2.24, 2.45) is 7.05 Å². The Kier molecular flexibility index (Phi) is 4.72. The second kappa shape index (κ2) is 7.42. The number of aromatic nitrogens is 3. The largest absolute Gasteiger partial charge is 0.350 e. The van der Waals surface area contributed by atoms with Gasteiger partial charge in [0.05, 0.1) is 21.9 Å². The number of hydrogen-bond donors (Lipinski definition) is 0. The molecular weight excluding hydrogens is 396 g/mol. The van der Waals surface area contributed by atoms with E-state index in [1.807, 2.05) is 24.4 Å². The van der Waals surface area contributed by atoms with Gasteiger partial charge in [-0.2, -0.15) is 0 Å². The molecule has 0 atom stereocenters. The SMILES string of the molecule is CCN1CC(c2cn(C)c3cc(-n4ccc(-c5ccc(Cl)cn5)cc4=O)ccc23)C1. The van der Waals surface area contributed by atoms with E-state index < -0.39 is 0 Å². The molecule has 1 aromatic carbocycles. The zero-order chi connectivity index (χ0) is 20.8. The molecule has 30 heavy (non-hydrogen) atoms. The Hall–Kier alpha value is -2.89. The smallest absolute Gasteiger partial charge is 0.255 e. The number of rotatable bonds is 4. The minimum absolute atomic E-state index is 0.0874. The summed E-state index contributed by atoms with van der Waals surface area (Å²) in [6, 6.07) is 13.4. The van der Waals surface area contributed by atoms with Crippen molar-refractivity contribution in [3.8, 4) is 16.9 Å². The van der Waals surface area contributed by atoms with Crippen LogP contribution in [0.25, 0.3) is 27.8 Å². The summed E-state index contributed by atoms with van der Waals surface area (Å²) in [5, 5.41) is 1.85. The lowest BCUT2D eigenvalue weighted by molar-refractivity contribution is 0.158. The standard InChI is InChI=1S/C24H23ClN4O/c1-3-28-13-17(14-28)21-15-27(2)23-11-19(5-6-20(21)23)29-9-8-16(10-24(29)30)22-7-4-18(25)12-26-22/h4-12,15,17H,3,13-14H2,1-2H3. The van der Waals surface area contributed by atoms with Crippen LogP contribution in [0.15, 0.2) is 65.8 Å². The number of benzene rings is 1. The lowest BCUT2D eigenvalue weighted by Crippen LogP contribution is -2.44. The lowest BCUT2D eigenvalue weighted by atomic mass is 9.91. The number of halogens is 1. The molecule has 6 heteroatoms. The van der Waals surface area contributed by atoms with E-state index in [0.717, 1.165) is 42.1 Å². The maximum Gasteiger partial charge on any atom is 0.255 e. The highest BCUT2D eigenvalue weighted by Crippen LogP contribution is 2.34. The molecule has 0 bridgehead atoms. The van der Waals surface area contributed by atoms with E-state index in [2.05, 4.69) is 46.8 Å². The molecule has 152 valence electrons. The molecule has 0 unspecified atom stereocenters. The molecule has 1 aliphatic heterocycles. The highest BCUT2D eigenvalue weighted by atomic mass is 35.5. The van der Waals surface area contributed by atoms with Crippen molar-refractivity contribution in [3.63, 3.8) is 0 Å². The molecule has 0 aliphatic carbocycles. The highest BCUT2D eigenvalue weighted by molar-refractivity contribution is 6.30. The maximum absolute atomic E-state index is 12.8. The zero-order valence-electron chi connectivity index (χ0n) is 17.0. The highest BCUT2D eigenvalue weighted by Gasteiger charge is 2.29. The second-order valence-electron chi connectivity index (χ2n) is 7.93. The Bertz CT molecular complexity index is 1280. The summed E-state index contributed by atoms with van der Waals surface area (Å²) in [6.45, 7) is 5.56. The van der Waals surface area contributed by atoms with Crippen LogP contribution < -0.4 is 5.56 Å². The number of likely N-dealkylation sites (tertiary alicyclic amines) is 1. The van der Waals surface area contributed by atoms with Crippen LogP contribution in [0.5, 0.6) is 0 Å². The summed E-state index contributed by atoms with van der Waals surface area (Å²) in [4.78, 5) is 19.6.